The van der Waals surface area contributed by atoms with E-state index in [0.29, 0.717) is 5.92 Å². The van der Waals surface area contributed by atoms with E-state index in [1.807, 2.05) is 13.8 Å². The monoisotopic (exact) mass is 408 g/mol. The molecule has 0 amide bonds. The van der Waals surface area contributed by atoms with Gasteiger partial charge in [0.05, 0.1) is 24.5 Å². The number of aromatic nitrogens is 1. The minimum absolute atomic E-state index is 0.00671. The van der Waals surface area contributed by atoms with Gasteiger partial charge in [-0.25, -0.2) is 4.79 Å². The van der Waals surface area contributed by atoms with Crippen LogP contribution in [0.5, 0.6) is 0 Å². The van der Waals surface area contributed by atoms with Crippen molar-refractivity contribution in [2.24, 2.45) is 5.92 Å². The highest BCUT2D eigenvalue weighted by Gasteiger charge is 2.46. The molecule has 0 bridgehead atoms. The maximum Gasteiger partial charge on any atom is 0.490 e. The molecule has 1 saturated heterocycles. The van der Waals surface area contributed by atoms with Crippen molar-refractivity contribution in [3.63, 3.8) is 0 Å². The van der Waals surface area contributed by atoms with Crippen LogP contribution in [0.2, 0.25) is 0 Å². The van der Waals surface area contributed by atoms with Crippen molar-refractivity contribution >= 4 is 5.97 Å². The summed E-state index contributed by atoms with van der Waals surface area (Å²) in [5.74, 6) is -1.30. The summed E-state index contributed by atoms with van der Waals surface area (Å²) in [7, 11) is 1.79. The van der Waals surface area contributed by atoms with Gasteiger partial charge >= 0.3 is 12.1 Å². The van der Waals surface area contributed by atoms with Crippen LogP contribution in [-0.2, 0) is 20.8 Å². The van der Waals surface area contributed by atoms with Gasteiger partial charge in [-0.1, -0.05) is 11.6 Å². The molecule has 1 saturated carbocycles. The molecule has 3 rings (SSSR count). The van der Waals surface area contributed by atoms with Gasteiger partial charge in [0, 0.05) is 38.2 Å². The number of carboxylic acids is 1. The van der Waals surface area contributed by atoms with Crippen LogP contribution in [-0.4, -0.2) is 66.3 Å². The summed E-state index contributed by atoms with van der Waals surface area (Å²) in [5, 5.41) is 11.2. The highest BCUT2D eigenvalue weighted by molar-refractivity contribution is 5.73. The number of carbonyl (C=O) groups is 1. The van der Waals surface area contributed by atoms with E-state index in [-0.39, 0.29) is 5.60 Å². The third-order valence-corrected chi connectivity index (χ3v) is 5.36. The summed E-state index contributed by atoms with van der Waals surface area (Å²) in [4.78, 5) is 11.4. The molecular formula is C18H27F3N2O5. The maximum absolute atomic E-state index is 10.6. The normalized spacial score (nSPS) is 25.6. The van der Waals surface area contributed by atoms with Crippen molar-refractivity contribution < 1.29 is 37.1 Å². The number of carboxylic acid groups (broad SMARTS) is 1. The van der Waals surface area contributed by atoms with Crippen molar-refractivity contribution in [1.29, 1.82) is 0 Å². The summed E-state index contributed by atoms with van der Waals surface area (Å²) in [5.41, 5.74) is 2.23. The molecule has 10 heteroatoms. The Morgan fingerprint density at radius 2 is 2.11 bits per heavy atom. The maximum atomic E-state index is 10.6. The highest BCUT2D eigenvalue weighted by Crippen LogP contribution is 2.41. The first-order valence-corrected chi connectivity index (χ1v) is 9.16. The number of methoxy groups -OCH3 is 1. The van der Waals surface area contributed by atoms with Crippen LogP contribution in [0.3, 0.4) is 0 Å². The molecule has 0 unspecified atom stereocenters. The fourth-order valence-corrected chi connectivity index (χ4v) is 3.92. The molecule has 2 aliphatic rings. The number of ether oxygens (including phenoxy) is 2. The lowest BCUT2D eigenvalue weighted by molar-refractivity contribution is -0.192. The molecule has 2 atom stereocenters. The van der Waals surface area contributed by atoms with Gasteiger partial charge in [-0.05, 0) is 26.7 Å². The van der Waals surface area contributed by atoms with Crippen molar-refractivity contribution in [1.82, 2.24) is 10.1 Å². The van der Waals surface area contributed by atoms with Gasteiger partial charge in [0.25, 0.3) is 0 Å². The first-order valence-electron chi connectivity index (χ1n) is 9.16. The zero-order chi connectivity index (χ0) is 20.9. The first kappa shape index (κ1) is 22.6. The van der Waals surface area contributed by atoms with Crippen molar-refractivity contribution in [3.8, 4) is 0 Å². The Morgan fingerprint density at radius 3 is 2.64 bits per heavy atom. The van der Waals surface area contributed by atoms with Gasteiger partial charge in [-0.2, -0.15) is 13.2 Å². The largest absolute Gasteiger partial charge is 0.490 e. The number of alkyl halides is 3. The Labute approximate surface area is 161 Å². The standard InChI is InChI=1S/C16H26N2O3.C2HF3O2/c1-12-15(13(2)21-17-12)9-18-7-8-20-16(11-18)6-4-5-14(16)10-19-3;3-2(4,5)1(6)7/h14H,4-11H2,1-3H3;(H,6,7)/t14-,16-;/m0./s1. The minimum Gasteiger partial charge on any atom is -0.475 e. The number of aryl methyl sites for hydroxylation is 2. The Morgan fingerprint density at radius 1 is 1.43 bits per heavy atom. The molecule has 28 heavy (non-hydrogen) atoms. The quantitative estimate of drug-likeness (QED) is 0.820. The fraction of sp³-hybridized carbons (Fsp3) is 0.778. The zero-order valence-electron chi connectivity index (χ0n) is 16.3. The van der Waals surface area contributed by atoms with Crippen molar-refractivity contribution in [3.05, 3.63) is 17.0 Å². The lowest BCUT2D eigenvalue weighted by Crippen LogP contribution is -2.54. The molecule has 1 aromatic rings. The lowest BCUT2D eigenvalue weighted by atomic mass is 9.89. The number of hydrogen-bond donors (Lipinski definition) is 1. The second-order valence-corrected chi connectivity index (χ2v) is 7.27. The molecular weight excluding hydrogens is 381 g/mol. The average molecular weight is 408 g/mol. The van der Waals surface area contributed by atoms with Crippen LogP contribution in [0.4, 0.5) is 13.2 Å². The Kier molecular flexibility index (Phi) is 7.46. The van der Waals surface area contributed by atoms with Crippen molar-refractivity contribution in [2.75, 3.05) is 33.4 Å². The SMILES string of the molecule is COC[C@@H]1CCC[C@]12CN(Cc1c(C)noc1C)CCO2.O=C(O)C(F)(F)F. The van der Waals surface area contributed by atoms with E-state index in [0.717, 1.165) is 50.7 Å². The van der Waals surface area contributed by atoms with E-state index >= 15 is 0 Å². The predicted octanol–water partition coefficient (Wildman–Crippen LogP) is 2.94. The van der Waals surface area contributed by atoms with Crippen LogP contribution in [0.15, 0.2) is 4.52 Å². The Bertz CT molecular complexity index is 645. The molecule has 160 valence electrons. The summed E-state index contributed by atoms with van der Waals surface area (Å²) in [6, 6.07) is 0. The molecule has 1 aliphatic heterocycles. The van der Waals surface area contributed by atoms with Crippen molar-refractivity contribution in [2.45, 2.75) is 51.4 Å². The van der Waals surface area contributed by atoms with Crippen LogP contribution < -0.4 is 0 Å². The number of hydrogen-bond acceptors (Lipinski definition) is 6. The smallest absolute Gasteiger partial charge is 0.475 e. The van der Waals surface area contributed by atoms with E-state index in [1.54, 1.807) is 7.11 Å². The summed E-state index contributed by atoms with van der Waals surface area (Å²) in [6.07, 6.45) is -1.47. The van der Waals surface area contributed by atoms with Crippen LogP contribution >= 0.6 is 0 Å². The van der Waals surface area contributed by atoms with Gasteiger partial charge in [0.15, 0.2) is 0 Å². The van der Waals surface area contributed by atoms with Crippen LogP contribution in [0.25, 0.3) is 0 Å². The predicted molar refractivity (Wildman–Crippen MR) is 92.8 cm³/mol. The summed E-state index contributed by atoms with van der Waals surface area (Å²) < 4.78 is 48.7. The topological polar surface area (TPSA) is 85.0 Å². The van der Waals surface area contributed by atoms with Crippen LogP contribution in [0.1, 0.15) is 36.3 Å². The molecule has 2 heterocycles. The zero-order valence-corrected chi connectivity index (χ0v) is 16.3. The summed E-state index contributed by atoms with van der Waals surface area (Å²) >= 11 is 0. The third-order valence-electron chi connectivity index (χ3n) is 5.36. The lowest BCUT2D eigenvalue weighted by Gasteiger charge is -2.44. The molecule has 0 radical (unpaired) electrons. The third kappa shape index (κ3) is 5.45. The molecule has 1 N–H and O–H groups in total. The van der Waals surface area contributed by atoms with Gasteiger partial charge in [0.2, 0.25) is 0 Å². The fourth-order valence-electron chi connectivity index (χ4n) is 3.92. The van der Waals surface area contributed by atoms with E-state index in [1.165, 1.54) is 18.4 Å². The molecule has 1 aromatic heterocycles. The summed E-state index contributed by atoms with van der Waals surface area (Å²) in [6.45, 7) is 8.51. The average Bonchev–Trinajstić information content (AvgIpc) is 3.13. The number of morpholine rings is 1. The van der Waals surface area contributed by atoms with Gasteiger partial charge in [-0.3, -0.25) is 4.90 Å². The Balaban J connectivity index is 0.000000345. The van der Waals surface area contributed by atoms with E-state index in [2.05, 4.69) is 10.1 Å². The van der Waals surface area contributed by atoms with Gasteiger partial charge < -0.3 is 19.1 Å². The Hall–Kier alpha value is -1.65. The highest BCUT2D eigenvalue weighted by atomic mass is 19.4. The number of nitrogens with zero attached hydrogens (tertiary/aromatic N) is 2. The second-order valence-electron chi connectivity index (χ2n) is 7.27. The van der Waals surface area contributed by atoms with Crippen LogP contribution in [0, 0.1) is 19.8 Å². The van der Waals surface area contributed by atoms with Gasteiger partial charge in [-0.15, -0.1) is 0 Å². The first-order chi connectivity index (χ1) is 13.1. The van der Waals surface area contributed by atoms with E-state index < -0.39 is 12.1 Å². The second kappa shape index (κ2) is 9.23. The number of aliphatic carboxylic acids is 1. The number of rotatable bonds is 4. The molecule has 2 fully saturated rings. The molecule has 0 aromatic carbocycles. The molecule has 7 nitrogen and oxygen atoms in total. The molecule has 1 spiro atoms. The van der Waals surface area contributed by atoms with E-state index in [9.17, 15) is 13.2 Å². The minimum atomic E-state index is -5.08. The van der Waals surface area contributed by atoms with E-state index in [4.69, 9.17) is 23.9 Å². The molecule has 1 aliphatic carbocycles. The number of halogens is 3. The van der Waals surface area contributed by atoms with Gasteiger partial charge in [0.1, 0.15) is 5.76 Å².